The maximum Gasteiger partial charge on any atom is 0.243 e. The highest BCUT2D eigenvalue weighted by atomic mass is 32.2. The van der Waals surface area contributed by atoms with Gasteiger partial charge in [-0.15, -0.1) is 0 Å². The lowest BCUT2D eigenvalue weighted by molar-refractivity contribution is -0.907. The van der Waals surface area contributed by atoms with Gasteiger partial charge in [-0.25, -0.2) is 8.42 Å². The van der Waals surface area contributed by atoms with Gasteiger partial charge in [0.1, 0.15) is 0 Å². The minimum Gasteiger partial charge on any atom is -0.333 e. The lowest BCUT2D eigenvalue weighted by Gasteiger charge is -2.33. The van der Waals surface area contributed by atoms with Crippen molar-refractivity contribution < 1.29 is 13.3 Å². The number of hydrogen-bond donors (Lipinski definition) is 1. The Balaban J connectivity index is 1.43. The van der Waals surface area contributed by atoms with E-state index in [4.69, 9.17) is 0 Å². The Morgan fingerprint density at radius 3 is 2.50 bits per heavy atom. The molecule has 1 heterocycles. The van der Waals surface area contributed by atoms with Crippen molar-refractivity contribution in [3.8, 4) is 0 Å². The molecule has 4 rings (SSSR count). The van der Waals surface area contributed by atoms with E-state index in [1.165, 1.54) is 25.8 Å². The van der Waals surface area contributed by atoms with Crippen molar-refractivity contribution in [2.75, 3.05) is 32.7 Å². The topological polar surface area (TPSA) is 41.8 Å². The zero-order chi connectivity index (χ0) is 18.0. The van der Waals surface area contributed by atoms with Gasteiger partial charge in [0.15, 0.2) is 0 Å². The Hall–Kier alpha value is -1.69. The molecule has 1 N–H and O–H groups in total. The molecule has 0 aromatic heterocycles. The molecule has 0 spiro atoms. The molecule has 4 nitrogen and oxygen atoms in total. The fourth-order valence-corrected chi connectivity index (χ4v) is 5.65. The summed E-state index contributed by atoms with van der Waals surface area (Å²) in [6, 6.07) is 13.3. The predicted octanol–water partition coefficient (Wildman–Crippen LogP) is 2.09. The quantitative estimate of drug-likeness (QED) is 0.836. The lowest BCUT2D eigenvalue weighted by atomic mass is 9.94. The van der Waals surface area contributed by atoms with Crippen molar-refractivity contribution in [1.29, 1.82) is 0 Å². The minimum atomic E-state index is -3.40. The van der Waals surface area contributed by atoms with Crippen LogP contribution in [-0.4, -0.2) is 45.4 Å². The third-order valence-corrected chi connectivity index (χ3v) is 7.64. The van der Waals surface area contributed by atoms with Crippen LogP contribution in [0.1, 0.15) is 19.3 Å². The van der Waals surface area contributed by atoms with E-state index in [0.717, 1.165) is 29.8 Å². The van der Waals surface area contributed by atoms with Crippen LogP contribution in [0.25, 0.3) is 10.8 Å². The van der Waals surface area contributed by atoms with E-state index in [9.17, 15) is 8.42 Å². The van der Waals surface area contributed by atoms with Crippen molar-refractivity contribution in [2.45, 2.75) is 24.2 Å². The molecule has 0 unspecified atom stereocenters. The third-order valence-electron chi connectivity index (χ3n) is 5.74. The molecular weight excluding hydrogens is 344 g/mol. The van der Waals surface area contributed by atoms with Gasteiger partial charge >= 0.3 is 0 Å². The van der Waals surface area contributed by atoms with E-state index >= 15 is 0 Å². The van der Waals surface area contributed by atoms with Crippen molar-refractivity contribution in [1.82, 2.24) is 4.31 Å². The zero-order valence-electron chi connectivity index (χ0n) is 15.1. The van der Waals surface area contributed by atoms with Crippen LogP contribution in [0.2, 0.25) is 0 Å². The molecule has 2 aromatic carbocycles. The van der Waals surface area contributed by atoms with Gasteiger partial charge in [-0.1, -0.05) is 42.5 Å². The van der Waals surface area contributed by atoms with Gasteiger partial charge < -0.3 is 4.90 Å². The maximum absolute atomic E-state index is 13.0. The van der Waals surface area contributed by atoms with Crippen molar-refractivity contribution in [3.05, 3.63) is 54.6 Å². The van der Waals surface area contributed by atoms with Crippen LogP contribution in [0.5, 0.6) is 0 Å². The number of piperazine rings is 1. The van der Waals surface area contributed by atoms with Crippen LogP contribution >= 0.6 is 0 Å². The summed E-state index contributed by atoms with van der Waals surface area (Å²) in [4.78, 5) is 1.97. The average Bonchev–Trinajstić information content (AvgIpc) is 2.69. The fourth-order valence-electron chi connectivity index (χ4n) is 4.17. The highest BCUT2D eigenvalue weighted by Crippen LogP contribution is 2.22. The van der Waals surface area contributed by atoms with Crippen molar-refractivity contribution in [3.63, 3.8) is 0 Å². The number of allylic oxidation sites excluding steroid dienone is 2. The van der Waals surface area contributed by atoms with Gasteiger partial charge in [0.2, 0.25) is 10.0 Å². The number of quaternary nitrogens is 1. The molecule has 26 heavy (non-hydrogen) atoms. The molecule has 0 saturated carbocycles. The van der Waals surface area contributed by atoms with Crippen LogP contribution < -0.4 is 4.90 Å². The second-order valence-corrected chi connectivity index (χ2v) is 9.46. The summed E-state index contributed by atoms with van der Waals surface area (Å²) in [6.07, 6.45) is 8.23. The molecule has 2 aromatic rings. The smallest absolute Gasteiger partial charge is 0.243 e. The highest BCUT2D eigenvalue weighted by molar-refractivity contribution is 7.89. The number of benzene rings is 2. The number of hydrogen-bond acceptors (Lipinski definition) is 2. The van der Waals surface area contributed by atoms with Gasteiger partial charge in [-0.3, -0.25) is 0 Å². The van der Waals surface area contributed by atoms with Gasteiger partial charge in [-0.2, -0.15) is 4.31 Å². The lowest BCUT2D eigenvalue weighted by Crippen LogP contribution is -3.15. The largest absolute Gasteiger partial charge is 0.333 e. The maximum atomic E-state index is 13.0. The summed E-state index contributed by atoms with van der Waals surface area (Å²) < 4.78 is 27.7. The predicted molar refractivity (Wildman–Crippen MR) is 105 cm³/mol. The molecule has 2 aliphatic rings. The zero-order valence-corrected chi connectivity index (χ0v) is 15.9. The third kappa shape index (κ3) is 3.70. The Kier molecular flexibility index (Phi) is 5.11. The average molecular weight is 372 g/mol. The number of fused-ring (bicyclic) bond motifs is 1. The Bertz CT molecular complexity index is 899. The first-order chi connectivity index (χ1) is 12.6. The van der Waals surface area contributed by atoms with Crippen LogP contribution in [-0.2, 0) is 10.0 Å². The number of sulfonamides is 1. The normalized spacial score (nSPS) is 22.7. The van der Waals surface area contributed by atoms with Crippen LogP contribution in [0.15, 0.2) is 59.5 Å². The molecule has 1 aliphatic carbocycles. The SMILES string of the molecule is O=S(=O)(c1ccc2ccccc2c1)N1CC[NH+](C[C@@H]2CC=CCC2)CC1. The van der Waals surface area contributed by atoms with Crippen molar-refractivity contribution in [2.24, 2.45) is 5.92 Å². The summed E-state index contributed by atoms with van der Waals surface area (Å²) in [5, 5.41) is 2.05. The van der Waals surface area contributed by atoms with Gasteiger partial charge in [0, 0.05) is 5.92 Å². The van der Waals surface area contributed by atoms with Crippen LogP contribution in [0.3, 0.4) is 0 Å². The van der Waals surface area contributed by atoms with Gasteiger partial charge in [0.05, 0.1) is 37.6 Å². The summed E-state index contributed by atoms with van der Waals surface area (Å²) in [5.41, 5.74) is 0. The molecule has 1 saturated heterocycles. The molecular formula is C21H27N2O2S+. The van der Waals surface area contributed by atoms with E-state index < -0.39 is 10.0 Å². The molecule has 1 atom stereocenters. The van der Waals surface area contributed by atoms with Gasteiger partial charge in [-0.05, 0) is 42.2 Å². The Morgan fingerprint density at radius 1 is 1.00 bits per heavy atom. The molecule has 0 amide bonds. The molecule has 1 aliphatic heterocycles. The Labute approximate surface area is 156 Å². The number of nitrogens with zero attached hydrogens (tertiary/aromatic N) is 1. The summed E-state index contributed by atoms with van der Waals surface area (Å²) in [7, 11) is -3.40. The molecule has 138 valence electrons. The molecule has 5 heteroatoms. The highest BCUT2D eigenvalue weighted by Gasteiger charge is 2.31. The van der Waals surface area contributed by atoms with E-state index in [1.54, 1.807) is 21.3 Å². The summed E-state index contributed by atoms with van der Waals surface area (Å²) in [6.45, 7) is 4.23. The number of rotatable bonds is 4. The molecule has 0 bridgehead atoms. The first-order valence-corrected chi connectivity index (χ1v) is 11.0. The van der Waals surface area contributed by atoms with E-state index in [1.807, 2.05) is 30.3 Å². The number of nitrogens with one attached hydrogen (secondary N) is 1. The first-order valence-electron chi connectivity index (χ1n) is 9.60. The van der Waals surface area contributed by atoms with E-state index in [-0.39, 0.29) is 0 Å². The monoisotopic (exact) mass is 371 g/mol. The van der Waals surface area contributed by atoms with E-state index in [2.05, 4.69) is 12.2 Å². The molecule has 1 fully saturated rings. The minimum absolute atomic E-state index is 0.414. The Morgan fingerprint density at radius 2 is 1.77 bits per heavy atom. The molecule has 0 radical (unpaired) electrons. The van der Waals surface area contributed by atoms with Crippen LogP contribution in [0.4, 0.5) is 0 Å². The standard InChI is InChI=1S/C21H26N2O2S/c24-26(25,21-11-10-19-8-4-5-9-20(19)16-21)23-14-12-22(13-15-23)17-18-6-2-1-3-7-18/h1-2,4-5,8-11,16,18H,3,6-7,12-15,17H2/p+1/t18-/m1/s1. The fraction of sp³-hybridized carbons (Fsp3) is 0.429. The van der Waals surface area contributed by atoms with E-state index in [0.29, 0.717) is 18.0 Å². The van der Waals surface area contributed by atoms with Gasteiger partial charge in [0.25, 0.3) is 0 Å². The first kappa shape index (κ1) is 17.7. The summed E-state index contributed by atoms with van der Waals surface area (Å²) >= 11 is 0. The second kappa shape index (κ2) is 7.51. The second-order valence-electron chi connectivity index (χ2n) is 7.52. The van der Waals surface area contributed by atoms with Crippen LogP contribution in [0, 0.1) is 5.92 Å². The van der Waals surface area contributed by atoms with Crippen molar-refractivity contribution >= 4 is 20.8 Å². The summed E-state index contributed by atoms with van der Waals surface area (Å²) in [5.74, 6) is 0.763.